The Morgan fingerprint density at radius 2 is 1.84 bits per heavy atom. The Balaban J connectivity index is 2.48. The lowest BCUT2D eigenvalue weighted by atomic mass is 10.0. The third kappa shape index (κ3) is 2.90. The number of halogens is 4. The smallest absolute Gasteiger partial charge is 0.390 e. The maximum atomic E-state index is 13.6. The van der Waals surface area contributed by atoms with Crippen LogP contribution in [-0.2, 0) is 12.8 Å². The molecule has 2 aromatic rings. The molecule has 0 amide bonds. The molecule has 2 rings (SSSR count). The third-order valence-electron chi connectivity index (χ3n) is 2.57. The van der Waals surface area contributed by atoms with Gasteiger partial charge < -0.3 is 5.11 Å². The molecule has 0 atom stereocenters. The van der Waals surface area contributed by atoms with Crippen molar-refractivity contribution in [1.82, 2.24) is 4.98 Å². The van der Waals surface area contributed by atoms with Crippen molar-refractivity contribution in [2.24, 2.45) is 0 Å². The Labute approximate surface area is 106 Å². The fourth-order valence-electron chi connectivity index (χ4n) is 1.64. The number of aliphatic hydroxyl groups excluding tert-OH is 1. The van der Waals surface area contributed by atoms with Gasteiger partial charge in [-0.15, -0.1) is 0 Å². The van der Waals surface area contributed by atoms with E-state index in [1.165, 1.54) is 24.3 Å². The minimum atomic E-state index is -4.48. The first-order valence-corrected chi connectivity index (χ1v) is 5.35. The first kappa shape index (κ1) is 13.5. The normalized spacial score (nSPS) is 11.6. The largest absolute Gasteiger partial charge is 0.416 e. The zero-order valence-corrected chi connectivity index (χ0v) is 9.58. The van der Waals surface area contributed by atoms with Crippen molar-refractivity contribution in [3.05, 3.63) is 53.6 Å². The lowest BCUT2D eigenvalue weighted by Crippen LogP contribution is -2.05. The minimum absolute atomic E-state index is 0.0386. The van der Waals surface area contributed by atoms with Crippen LogP contribution in [0.1, 0.15) is 11.3 Å². The average Bonchev–Trinajstić information content (AvgIpc) is 2.37. The molecule has 6 heteroatoms. The molecule has 0 saturated heterocycles. The van der Waals surface area contributed by atoms with E-state index >= 15 is 0 Å². The molecule has 0 spiro atoms. The molecule has 0 unspecified atom stereocenters. The molecule has 1 aromatic carbocycles. The van der Waals surface area contributed by atoms with Gasteiger partial charge >= 0.3 is 6.18 Å². The Morgan fingerprint density at radius 1 is 1.11 bits per heavy atom. The molecule has 19 heavy (non-hydrogen) atoms. The summed E-state index contributed by atoms with van der Waals surface area (Å²) in [5, 5.41) is 8.80. The Bertz CT molecular complexity index is 595. The predicted molar refractivity (Wildman–Crippen MR) is 60.6 cm³/mol. The molecule has 100 valence electrons. The third-order valence-corrected chi connectivity index (χ3v) is 2.57. The molecular formula is C13H9F4NO. The number of hydrogen-bond donors (Lipinski definition) is 1. The lowest BCUT2D eigenvalue weighted by Gasteiger charge is -2.09. The molecule has 2 nitrogen and oxygen atoms in total. The SMILES string of the molecule is OCc1ccc(-c2cccc(C(F)(F)F)c2)c(F)n1. The van der Waals surface area contributed by atoms with Gasteiger partial charge in [0, 0.05) is 5.56 Å². The van der Waals surface area contributed by atoms with Crippen LogP contribution in [0.3, 0.4) is 0 Å². The number of hydrogen-bond acceptors (Lipinski definition) is 2. The second kappa shape index (κ2) is 4.97. The molecule has 1 aromatic heterocycles. The lowest BCUT2D eigenvalue weighted by molar-refractivity contribution is -0.137. The maximum Gasteiger partial charge on any atom is 0.416 e. The van der Waals surface area contributed by atoms with Crippen molar-refractivity contribution in [1.29, 1.82) is 0 Å². The molecular weight excluding hydrogens is 262 g/mol. The van der Waals surface area contributed by atoms with Crippen LogP contribution in [0.15, 0.2) is 36.4 Å². The Kier molecular flexibility index (Phi) is 3.53. The van der Waals surface area contributed by atoms with E-state index in [-0.39, 0.29) is 16.8 Å². The van der Waals surface area contributed by atoms with Crippen LogP contribution in [0.2, 0.25) is 0 Å². The summed E-state index contributed by atoms with van der Waals surface area (Å²) in [6.07, 6.45) is -4.48. The molecule has 0 radical (unpaired) electrons. The molecule has 1 N–H and O–H groups in total. The molecule has 0 aliphatic carbocycles. The van der Waals surface area contributed by atoms with Crippen molar-refractivity contribution >= 4 is 0 Å². The van der Waals surface area contributed by atoms with Gasteiger partial charge in [0.2, 0.25) is 5.95 Å². The fraction of sp³-hybridized carbons (Fsp3) is 0.154. The average molecular weight is 271 g/mol. The quantitative estimate of drug-likeness (QED) is 0.670. The summed E-state index contributed by atoms with van der Waals surface area (Å²) < 4.78 is 51.3. The minimum Gasteiger partial charge on any atom is -0.390 e. The Hall–Kier alpha value is -1.95. The number of pyridine rings is 1. The van der Waals surface area contributed by atoms with E-state index in [1.807, 2.05) is 0 Å². The van der Waals surface area contributed by atoms with Crippen molar-refractivity contribution in [3.8, 4) is 11.1 Å². The van der Waals surface area contributed by atoms with Gasteiger partial charge in [-0.25, -0.2) is 4.98 Å². The first-order valence-electron chi connectivity index (χ1n) is 5.35. The number of aromatic nitrogens is 1. The number of aliphatic hydroxyl groups is 1. The summed E-state index contributed by atoms with van der Waals surface area (Å²) in [4.78, 5) is 3.46. The number of nitrogens with zero attached hydrogens (tertiary/aromatic N) is 1. The van der Waals surface area contributed by atoms with Crippen LogP contribution < -0.4 is 0 Å². The van der Waals surface area contributed by atoms with Gasteiger partial charge in [0.05, 0.1) is 17.9 Å². The van der Waals surface area contributed by atoms with Gasteiger partial charge in [0.1, 0.15) is 0 Å². The summed E-state index contributed by atoms with van der Waals surface area (Å²) in [6.45, 7) is -0.431. The topological polar surface area (TPSA) is 33.1 Å². The maximum absolute atomic E-state index is 13.6. The highest BCUT2D eigenvalue weighted by atomic mass is 19.4. The predicted octanol–water partition coefficient (Wildman–Crippen LogP) is 3.40. The van der Waals surface area contributed by atoms with Crippen molar-refractivity contribution < 1.29 is 22.7 Å². The van der Waals surface area contributed by atoms with Gasteiger partial charge in [-0.3, -0.25) is 0 Å². The number of rotatable bonds is 2. The summed E-state index contributed by atoms with van der Waals surface area (Å²) in [5.74, 6) is -0.911. The van der Waals surface area contributed by atoms with Gasteiger partial charge in [0.15, 0.2) is 0 Å². The highest BCUT2D eigenvalue weighted by Crippen LogP contribution is 2.32. The van der Waals surface area contributed by atoms with Crippen molar-refractivity contribution in [2.75, 3.05) is 0 Å². The van der Waals surface area contributed by atoms with E-state index in [0.29, 0.717) is 0 Å². The van der Waals surface area contributed by atoms with Crippen LogP contribution in [0, 0.1) is 5.95 Å². The molecule has 0 saturated carbocycles. The summed E-state index contributed by atoms with van der Waals surface area (Å²) >= 11 is 0. The van der Waals surface area contributed by atoms with Crippen molar-refractivity contribution in [3.63, 3.8) is 0 Å². The van der Waals surface area contributed by atoms with Gasteiger partial charge in [-0.2, -0.15) is 17.6 Å². The zero-order chi connectivity index (χ0) is 14.0. The molecule has 0 aliphatic rings. The zero-order valence-electron chi connectivity index (χ0n) is 9.58. The van der Waals surface area contributed by atoms with Crippen LogP contribution >= 0.6 is 0 Å². The van der Waals surface area contributed by atoms with E-state index < -0.39 is 24.3 Å². The molecule has 1 heterocycles. The van der Waals surface area contributed by atoms with E-state index in [9.17, 15) is 17.6 Å². The Morgan fingerprint density at radius 3 is 2.42 bits per heavy atom. The van der Waals surface area contributed by atoms with Crippen LogP contribution in [0.25, 0.3) is 11.1 Å². The molecule has 0 aliphatic heterocycles. The highest BCUT2D eigenvalue weighted by Gasteiger charge is 2.30. The molecule has 0 bridgehead atoms. The molecule has 0 fully saturated rings. The van der Waals surface area contributed by atoms with Crippen LogP contribution in [0.4, 0.5) is 17.6 Å². The summed E-state index contributed by atoms with van der Waals surface area (Å²) in [6, 6.07) is 7.00. The second-order valence-corrected chi connectivity index (χ2v) is 3.88. The van der Waals surface area contributed by atoms with E-state index in [1.54, 1.807) is 0 Å². The number of alkyl halides is 3. The monoisotopic (exact) mass is 271 g/mol. The van der Waals surface area contributed by atoms with Gasteiger partial charge in [-0.1, -0.05) is 12.1 Å². The summed E-state index contributed by atoms with van der Waals surface area (Å²) in [7, 11) is 0. The second-order valence-electron chi connectivity index (χ2n) is 3.88. The van der Waals surface area contributed by atoms with E-state index in [4.69, 9.17) is 5.11 Å². The van der Waals surface area contributed by atoms with Gasteiger partial charge in [0.25, 0.3) is 0 Å². The standard InChI is InChI=1S/C13H9F4NO/c14-12-11(5-4-10(7-19)18-12)8-2-1-3-9(6-8)13(15,16)17/h1-6,19H,7H2. The van der Waals surface area contributed by atoms with Crippen LogP contribution in [0.5, 0.6) is 0 Å². The summed E-state index contributed by atoms with van der Waals surface area (Å²) in [5.41, 5.74) is -0.684. The fourth-order valence-corrected chi connectivity index (χ4v) is 1.64. The first-order chi connectivity index (χ1) is 8.91. The van der Waals surface area contributed by atoms with Crippen molar-refractivity contribution in [2.45, 2.75) is 12.8 Å². The number of benzene rings is 1. The highest BCUT2D eigenvalue weighted by molar-refractivity contribution is 5.64. The van der Waals surface area contributed by atoms with E-state index in [2.05, 4.69) is 4.98 Å². The van der Waals surface area contributed by atoms with Crippen LogP contribution in [-0.4, -0.2) is 10.1 Å². The van der Waals surface area contributed by atoms with E-state index in [0.717, 1.165) is 12.1 Å². The van der Waals surface area contributed by atoms with Gasteiger partial charge in [-0.05, 0) is 29.8 Å².